The third-order valence-electron chi connectivity index (χ3n) is 4.80. The van der Waals surface area contributed by atoms with Gasteiger partial charge in [0.05, 0.1) is 18.7 Å². The molecule has 0 bridgehead atoms. The quantitative estimate of drug-likeness (QED) is 0.503. The van der Waals surface area contributed by atoms with Crippen LogP contribution in [-0.2, 0) is 4.79 Å². The van der Waals surface area contributed by atoms with Gasteiger partial charge >= 0.3 is 0 Å². The Hall–Kier alpha value is -3.99. The molecule has 5 nitrogen and oxygen atoms in total. The summed E-state index contributed by atoms with van der Waals surface area (Å²) >= 11 is 0. The Labute approximate surface area is 175 Å². The van der Waals surface area contributed by atoms with Crippen LogP contribution in [0.25, 0.3) is 11.3 Å². The Morgan fingerprint density at radius 1 is 0.800 bits per heavy atom. The number of nitrogens with one attached hydrogen (secondary N) is 1. The molecule has 1 heterocycles. The van der Waals surface area contributed by atoms with Crippen molar-refractivity contribution < 1.29 is 9.53 Å². The highest BCUT2D eigenvalue weighted by Gasteiger charge is 2.22. The number of ether oxygens (including phenoxy) is 1. The molecule has 0 fully saturated rings. The summed E-state index contributed by atoms with van der Waals surface area (Å²) in [7, 11) is 1.55. The van der Waals surface area contributed by atoms with E-state index in [1.807, 2.05) is 91.0 Å². The van der Waals surface area contributed by atoms with Gasteiger partial charge in [-0.2, -0.15) is 0 Å². The number of nitrogens with zero attached hydrogens (tertiary/aromatic N) is 2. The van der Waals surface area contributed by atoms with E-state index in [-0.39, 0.29) is 5.91 Å². The van der Waals surface area contributed by atoms with Gasteiger partial charge in [0.25, 0.3) is 0 Å². The number of benzene rings is 3. The summed E-state index contributed by atoms with van der Waals surface area (Å²) in [6, 6.07) is 30.7. The predicted molar refractivity (Wildman–Crippen MR) is 117 cm³/mol. The van der Waals surface area contributed by atoms with Crippen LogP contribution in [0.15, 0.2) is 97.1 Å². The highest BCUT2D eigenvalue weighted by Crippen LogP contribution is 2.27. The van der Waals surface area contributed by atoms with Gasteiger partial charge in [-0.3, -0.25) is 4.79 Å². The zero-order valence-electron chi connectivity index (χ0n) is 16.5. The van der Waals surface area contributed by atoms with Crippen LogP contribution in [0.4, 0.5) is 5.69 Å². The average Bonchev–Trinajstić information content (AvgIpc) is 2.81. The van der Waals surface area contributed by atoms with Gasteiger partial charge in [0.2, 0.25) is 11.8 Å². The summed E-state index contributed by atoms with van der Waals surface area (Å²) in [6.45, 7) is 0. The lowest BCUT2D eigenvalue weighted by molar-refractivity contribution is -0.116. The van der Waals surface area contributed by atoms with Crippen molar-refractivity contribution in [3.8, 4) is 17.1 Å². The molecule has 4 rings (SSSR count). The average molecular weight is 395 g/mol. The first-order chi connectivity index (χ1) is 14.7. The number of hydrogen-bond acceptors (Lipinski definition) is 4. The number of anilines is 1. The molecule has 0 radical (unpaired) electrons. The van der Waals surface area contributed by atoms with E-state index in [9.17, 15) is 4.79 Å². The van der Waals surface area contributed by atoms with E-state index in [1.54, 1.807) is 13.2 Å². The zero-order valence-corrected chi connectivity index (χ0v) is 16.5. The van der Waals surface area contributed by atoms with E-state index in [1.165, 1.54) is 0 Å². The van der Waals surface area contributed by atoms with Gasteiger partial charge in [-0.25, -0.2) is 0 Å². The Bertz CT molecular complexity index is 1070. The highest BCUT2D eigenvalue weighted by molar-refractivity contribution is 5.98. The van der Waals surface area contributed by atoms with E-state index in [2.05, 4.69) is 15.5 Å². The van der Waals surface area contributed by atoms with Crippen molar-refractivity contribution in [2.75, 3.05) is 12.4 Å². The summed E-state index contributed by atoms with van der Waals surface area (Å²) in [5, 5.41) is 11.3. The molecule has 0 aliphatic rings. The molecule has 4 aromatic rings. The Kier molecular flexibility index (Phi) is 5.80. The van der Waals surface area contributed by atoms with Crippen molar-refractivity contribution in [3.63, 3.8) is 0 Å². The van der Waals surface area contributed by atoms with Gasteiger partial charge in [-0.05, 0) is 29.3 Å². The number of amides is 1. The number of aromatic nitrogens is 2. The molecule has 0 atom stereocenters. The standard InChI is InChI=1S/C25H21N3O2/c1-30-23-16-15-22(27-28-23)20-13-8-14-21(17-20)26-25(29)24(18-9-4-2-5-10-18)19-11-6-3-7-12-19/h2-17,24H,1H3,(H,26,29). The van der Waals surface area contributed by atoms with Crippen LogP contribution in [0.5, 0.6) is 5.88 Å². The molecular formula is C25H21N3O2. The van der Waals surface area contributed by atoms with Gasteiger partial charge in [0, 0.05) is 17.3 Å². The molecule has 0 aliphatic heterocycles. The lowest BCUT2D eigenvalue weighted by Gasteiger charge is -2.18. The SMILES string of the molecule is COc1ccc(-c2cccc(NC(=O)C(c3ccccc3)c3ccccc3)c2)nn1. The molecule has 3 aromatic carbocycles. The minimum absolute atomic E-state index is 0.0923. The van der Waals surface area contributed by atoms with Crippen molar-refractivity contribution in [3.05, 3.63) is 108 Å². The molecule has 1 N–H and O–H groups in total. The molecule has 1 amide bonds. The largest absolute Gasteiger partial charge is 0.480 e. The fourth-order valence-electron chi connectivity index (χ4n) is 3.34. The van der Waals surface area contributed by atoms with Crippen molar-refractivity contribution in [1.82, 2.24) is 10.2 Å². The van der Waals surface area contributed by atoms with Crippen LogP contribution >= 0.6 is 0 Å². The maximum absolute atomic E-state index is 13.3. The van der Waals surface area contributed by atoms with Crippen molar-refractivity contribution in [1.29, 1.82) is 0 Å². The maximum atomic E-state index is 13.3. The fraction of sp³-hybridized carbons (Fsp3) is 0.0800. The normalized spacial score (nSPS) is 10.6. The van der Waals surface area contributed by atoms with E-state index in [0.717, 1.165) is 16.7 Å². The number of methoxy groups -OCH3 is 1. The third kappa shape index (κ3) is 4.36. The first-order valence-electron chi connectivity index (χ1n) is 9.63. The second-order valence-corrected chi connectivity index (χ2v) is 6.79. The van der Waals surface area contributed by atoms with Crippen molar-refractivity contribution in [2.45, 2.75) is 5.92 Å². The summed E-state index contributed by atoms with van der Waals surface area (Å²) in [4.78, 5) is 13.3. The first-order valence-corrected chi connectivity index (χ1v) is 9.63. The summed E-state index contributed by atoms with van der Waals surface area (Å²) in [6.07, 6.45) is 0. The Balaban J connectivity index is 1.61. The molecule has 0 saturated heterocycles. The molecule has 0 unspecified atom stereocenters. The second kappa shape index (κ2) is 9.01. The molecule has 148 valence electrons. The zero-order chi connectivity index (χ0) is 20.8. The van der Waals surface area contributed by atoms with Crippen LogP contribution in [0.2, 0.25) is 0 Å². The molecule has 1 aromatic heterocycles. The fourth-order valence-corrected chi connectivity index (χ4v) is 3.34. The van der Waals surface area contributed by atoms with E-state index in [4.69, 9.17) is 4.74 Å². The van der Waals surface area contributed by atoms with E-state index >= 15 is 0 Å². The lowest BCUT2D eigenvalue weighted by Crippen LogP contribution is -2.22. The first kappa shape index (κ1) is 19.3. The molecule has 0 spiro atoms. The van der Waals surface area contributed by atoms with Crippen LogP contribution in [-0.4, -0.2) is 23.2 Å². The number of carbonyl (C=O) groups excluding carboxylic acids is 1. The highest BCUT2D eigenvalue weighted by atomic mass is 16.5. The summed E-state index contributed by atoms with van der Waals surface area (Å²) in [5.74, 6) is -0.0426. The molecular weight excluding hydrogens is 374 g/mol. The third-order valence-corrected chi connectivity index (χ3v) is 4.80. The topological polar surface area (TPSA) is 64.1 Å². The minimum atomic E-state index is -0.406. The number of rotatable bonds is 6. The second-order valence-electron chi connectivity index (χ2n) is 6.79. The number of carbonyl (C=O) groups is 1. The van der Waals surface area contributed by atoms with E-state index in [0.29, 0.717) is 17.3 Å². The van der Waals surface area contributed by atoms with Gasteiger partial charge in [-0.1, -0.05) is 72.8 Å². The van der Waals surface area contributed by atoms with Crippen molar-refractivity contribution in [2.24, 2.45) is 0 Å². The van der Waals surface area contributed by atoms with Gasteiger partial charge in [-0.15, -0.1) is 10.2 Å². The summed E-state index contributed by atoms with van der Waals surface area (Å²) in [5.41, 5.74) is 4.15. The maximum Gasteiger partial charge on any atom is 0.236 e. The summed E-state index contributed by atoms with van der Waals surface area (Å²) < 4.78 is 5.06. The molecule has 0 aliphatic carbocycles. The van der Waals surface area contributed by atoms with Gasteiger partial charge in [0.1, 0.15) is 0 Å². The molecule has 30 heavy (non-hydrogen) atoms. The van der Waals surface area contributed by atoms with Crippen molar-refractivity contribution >= 4 is 11.6 Å². The van der Waals surface area contributed by atoms with Crippen LogP contribution in [0, 0.1) is 0 Å². The lowest BCUT2D eigenvalue weighted by atomic mass is 9.90. The molecule has 0 saturated carbocycles. The van der Waals surface area contributed by atoms with Crippen LogP contribution < -0.4 is 10.1 Å². The van der Waals surface area contributed by atoms with Crippen LogP contribution in [0.1, 0.15) is 17.0 Å². The smallest absolute Gasteiger partial charge is 0.236 e. The van der Waals surface area contributed by atoms with Gasteiger partial charge < -0.3 is 10.1 Å². The Morgan fingerprint density at radius 3 is 2.03 bits per heavy atom. The Morgan fingerprint density at radius 2 is 1.47 bits per heavy atom. The monoisotopic (exact) mass is 395 g/mol. The molecule has 5 heteroatoms. The van der Waals surface area contributed by atoms with Crippen LogP contribution in [0.3, 0.4) is 0 Å². The van der Waals surface area contributed by atoms with E-state index < -0.39 is 5.92 Å². The number of hydrogen-bond donors (Lipinski definition) is 1. The minimum Gasteiger partial charge on any atom is -0.480 e. The predicted octanol–water partition coefficient (Wildman–Crippen LogP) is 4.92. The van der Waals surface area contributed by atoms with Gasteiger partial charge in [0.15, 0.2) is 0 Å².